The first-order valence-electron chi connectivity index (χ1n) is 6.92. The van der Waals surface area contributed by atoms with Gasteiger partial charge in [-0.05, 0) is 29.0 Å². The van der Waals surface area contributed by atoms with E-state index in [0.29, 0.717) is 23.0 Å². The molecule has 0 bridgehead atoms. The van der Waals surface area contributed by atoms with Gasteiger partial charge in [0.1, 0.15) is 10.5 Å². The number of thiophene rings is 1. The van der Waals surface area contributed by atoms with E-state index in [0.717, 1.165) is 11.1 Å². The molecule has 0 aliphatic heterocycles. The highest BCUT2D eigenvalue weighted by molar-refractivity contribution is 7.17. The minimum Gasteiger partial charge on any atom is -0.346 e. The molecule has 3 rings (SSSR count). The van der Waals surface area contributed by atoms with Gasteiger partial charge in [0.25, 0.3) is 5.56 Å². The fraction of sp³-hybridized carbons (Fsp3) is 0.333. The molecule has 1 unspecified atom stereocenters. The minimum atomic E-state index is -0.0729. The van der Waals surface area contributed by atoms with Crippen LogP contribution in [0.4, 0.5) is 0 Å². The Kier molecular flexibility index (Phi) is 3.65. The predicted molar refractivity (Wildman–Crippen MR) is 85.5 cm³/mol. The topological polar surface area (TPSA) is 76.7 Å². The molecule has 3 aromatic heterocycles. The fourth-order valence-corrected chi connectivity index (χ4v) is 3.03. The maximum absolute atomic E-state index is 11.9. The average molecular weight is 302 g/mol. The van der Waals surface area contributed by atoms with Crippen LogP contribution >= 0.6 is 11.3 Å². The molecule has 21 heavy (non-hydrogen) atoms. The standard InChI is InChI=1S/C15H18N4OS/c1-9(2)13(16)10-3-5-19(7-10)8-12-17-11-4-6-21-14(11)15(20)18-12/h3-7,9,13H,8,16H2,1-2H3,(H,17,18,20). The van der Waals surface area contributed by atoms with Crippen LogP contribution in [0, 0.1) is 5.92 Å². The van der Waals surface area contributed by atoms with Gasteiger partial charge in [-0.2, -0.15) is 0 Å². The summed E-state index contributed by atoms with van der Waals surface area (Å²) in [5.41, 5.74) is 7.93. The number of aromatic nitrogens is 3. The van der Waals surface area contributed by atoms with E-state index in [-0.39, 0.29) is 11.6 Å². The molecule has 0 radical (unpaired) electrons. The van der Waals surface area contributed by atoms with Crippen LogP contribution in [-0.2, 0) is 6.54 Å². The number of hydrogen-bond donors (Lipinski definition) is 2. The van der Waals surface area contributed by atoms with E-state index < -0.39 is 0 Å². The first-order valence-corrected chi connectivity index (χ1v) is 7.80. The molecule has 3 heterocycles. The third-order valence-electron chi connectivity index (χ3n) is 3.57. The van der Waals surface area contributed by atoms with Gasteiger partial charge in [0.15, 0.2) is 0 Å². The van der Waals surface area contributed by atoms with Crippen LogP contribution in [0.3, 0.4) is 0 Å². The third-order valence-corrected chi connectivity index (χ3v) is 4.48. The Bertz CT molecular complexity index is 814. The van der Waals surface area contributed by atoms with Crippen LogP contribution in [0.15, 0.2) is 34.7 Å². The van der Waals surface area contributed by atoms with Gasteiger partial charge in [-0.25, -0.2) is 4.98 Å². The molecule has 0 fully saturated rings. The Morgan fingerprint density at radius 3 is 3.00 bits per heavy atom. The van der Waals surface area contributed by atoms with Gasteiger partial charge >= 0.3 is 0 Å². The van der Waals surface area contributed by atoms with Gasteiger partial charge in [-0.15, -0.1) is 11.3 Å². The van der Waals surface area contributed by atoms with Crippen LogP contribution in [0.2, 0.25) is 0 Å². The van der Waals surface area contributed by atoms with Crippen molar-refractivity contribution in [3.63, 3.8) is 0 Å². The maximum atomic E-state index is 11.9. The molecule has 0 amide bonds. The molecular formula is C15H18N4OS. The molecule has 3 aromatic rings. The highest BCUT2D eigenvalue weighted by atomic mass is 32.1. The number of H-pyrrole nitrogens is 1. The molecule has 0 aliphatic rings. The second kappa shape index (κ2) is 5.46. The van der Waals surface area contributed by atoms with Gasteiger partial charge in [0.05, 0.1) is 12.1 Å². The Labute approximate surface area is 126 Å². The molecule has 5 nitrogen and oxygen atoms in total. The van der Waals surface area contributed by atoms with E-state index >= 15 is 0 Å². The van der Waals surface area contributed by atoms with Gasteiger partial charge < -0.3 is 15.3 Å². The summed E-state index contributed by atoms with van der Waals surface area (Å²) >= 11 is 1.41. The quantitative estimate of drug-likeness (QED) is 0.777. The van der Waals surface area contributed by atoms with Crippen LogP contribution in [0.1, 0.15) is 31.3 Å². The molecule has 3 N–H and O–H groups in total. The van der Waals surface area contributed by atoms with E-state index in [2.05, 4.69) is 23.8 Å². The first kappa shape index (κ1) is 14.0. The van der Waals surface area contributed by atoms with Crippen LogP contribution in [-0.4, -0.2) is 14.5 Å². The Hall–Kier alpha value is -1.92. The van der Waals surface area contributed by atoms with Crippen molar-refractivity contribution in [2.45, 2.75) is 26.4 Å². The Morgan fingerprint density at radius 1 is 1.43 bits per heavy atom. The number of nitrogens with zero attached hydrogens (tertiary/aromatic N) is 2. The smallest absolute Gasteiger partial charge is 0.268 e. The summed E-state index contributed by atoms with van der Waals surface area (Å²) in [7, 11) is 0. The van der Waals surface area contributed by atoms with Crippen molar-refractivity contribution in [2.24, 2.45) is 11.7 Å². The van der Waals surface area contributed by atoms with Crippen molar-refractivity contribution >= 4 is 21.6 Å². The highest BCUT2D eigenvalue weighted by Crippen LogP contribution is 2.19. The molecule has 0 aliphatic carbocycles. The van der Waals surface area contributed by atoms with Crippen molar-refractivity contribution in [3.05, 3.63) is 51.6 Å². The normalized spacial score (nSPS) is 13.1. The van der Waals surface area contributed by atoms with E-state index in [1.807, 2.05) is 34.5 Å². The molecule has 0 saturated carbocycles. The van der Waals surface area contributed by atoms with Gasteiger partial charge in [-0.3, -0.25) is 4.79 Å². The lowest BCUT2D eigenvalue weighted by Gasteiger charge is -2.13. The molecule has 0 aromatic carbocycles. The number of nitrogens with two attached hydrogens (primary N) is 1. The highest BCUT2D eigenvalue weighted by Gasteiger charge is 2.12. The fourth-order valence-electron chi connectivity index (χ4n) is 2.31. The van der Waals surface area contributed by atoms with Crippen molar-refractivity contribution in [1.82, 2.24) is 14.5 Å². The number of nitrogens with one attached hydrogen (secondary N) is 1. The Morgan fingerprint density at radius 2 is 2.24 bits per heavy atom. The summed E-state index contributed by atoms with van der Waals surface area (Å²) in [6.45, 7) is 4.74. The number of aromatic amines is 1. The molecule has 0 spiro atoms. The monoisotopic (exact) mass is 302 g/mol. The number of hydrogen-bond acceptors (Lipinski definition) is 4. The first-order chi connectivity index (χ1) is 10.0. The van der Waals surface area contributed by atoms with E-state index in [1.165, 1.54) is 11.3 Å². The van der Waals surface area contributed by atoms with E-state index in [9.17, 15) is 4.79 Å². The predicted octanol–water partition coefficient (Wildman–Crippen LogP) is 2.49. The van der Waals surface area contributed by atoms with Gasteiger partial charge in [0.2, 0.25) is 0 Å². The van der Waals surface area contributed by atoms with Crippen LogP contribution in [0.5, 0.6) is 0 Å². The third kappa shape index (κ3) is 2.77. The molecular weight excluding hydrogens is 284 g/mol. The zero-order valence-electron chi connectivity index (χ0n) is 12.0. The summed E-state index contributed by atoms with van der Waals surface area (Å²) in [4.78, 5) is 19.3. The van der Waals surface area contributed by atoms with Crippen molar-refractivity contribution in [2.75, 3.05) is 0 Å². The second-order valence-electron chi connectivity index (χ2n) is 5.53. The SMILES string of the molecule is CC(C)C(N)c1ccn(Cc2nc3ccsc3c(=O)[nH]2)c1. The average Bonchev–Trinajstić information content (AvgIpc) is 3.06. The summed E-state index contributed by atoms with van der Waals surface area (Å²) in [5, 5.41) is 1.88. The van der Waals surface area contributed by atoms with Crippen molar-refractivity contribution in [3.8, 4) is 0 Å². The number of rotatable bonds is 4. The summed E-state index contributed by atoms with van der Waals surface area (Å²) in [5.74, 6) is 1.05. The van der Waals surface area contributed by atoms with Crippen LogP contribution < -0.4 is 11.3 Å². The summed E-state index contributed by atoms with van der Waals surface area (Å²) in [6, 6.07) is 3.91. The minimum absolute atomic E-state index is 0.0256. The zero-order valence-corrected chi connectivity index (χ0v) is 12.9. The van der Waals surface area contributed by atoms with Crippen molar-refractivity contribution in [1.29, 1.82) is 0 Å². The maximum Gasteiger partial charge on any atom is 0.268 e. The van der Waals surface area contributed by atoms with Crippen molar-refractivity contribution < 1.29 is 0 Å². The zero-order chi connectivity index (χ0) is 15.0. The summed E-state index contributed by atoms with van der Waals surface area (Å²) < 4.78 is 2.67. The lowest BCUT2D eigenvalue weighted by Crippen LogP contribution is -2.16. The summed E-state index contributed by atoms with van der Waals surface area (Å²) in [6.07, 6.45) is 3.98. The number of fused-ring (bicyclic) bond motifs is 1. The largest absolute Gasteiger partial charge is 0.346 e. The lowest BCUT2D eigenvalue weighted by molar-refractivity contribution is 0.513. The van der Waals surface area contributed by atoms with E-state index in [4.69, 9.17) is 5.73 Å². The molecule has 6 heteroatoms. The van der Waals surface area contributed by atoms with Gasteiger partial charge in [-0.1, -0.05) is 13.8 Å². The Balaban J connectivity index is 1.87. The molecule has 0 saturated heterocycles. The molecule has 110 valence electrons. The van der Waals surface area contributed by atoms with E-state index in [1.54, 1.807) is 0 Å². The molecule has 1 atom stereocenters. The van der Waals surface area contributed by atoms with Crippen LogP contribution in [0.25, 0.3) is 10.2 Å². The lowest BCUT2D eigenvalue weighted by atomic mass is 10.00. The second-order valence-corrected chi connectivity index (χ2v) is 6.45. The van der Waals surface area contributed by atoms with Gasteiger partial charge in [0, 0.05) is 18.4 Å².